The molecule has 0 bridgehead atoms. The van der Waals surface area contributed by atoms with Crippen LogP contribution < -0.4 is 0 Å². The lowest BCUT2D eigenvalue weighted by atomic mass is 10.0. The number of nitrogens with zero attached hydrogens (tertiary/aromatic N) is 1. The van der Waals surface area contributed by atoms with Crippen LogP contribution in [-0.2, 0) is 14.3 Å². The van der Waals surface area contributed by atoms with Crippen molar-refractivity contribution in [2.75, 3.05) is 13.2 Å². The molecule has 1 fully saturated rings. The van der Waals surface area contributed by atoms with Crippen molar-refractivity contribution in [3.8, 4) is 0 Å². The maximum atomic E-state index is 11.7. The van der Waals surface area contributed by atoms with Gasteiger partial charge in [0, 0.05) is 6.08 Å². The Bertz CT molecular complexity index is 373. The monoisotopic (exact) mass is 255 g/mol. The van der Waals surface area contributed by atoms with Crippen LogP contribution in [0.1, 0.15) is 34.6 Å². The van der Waals surface area contributed by atoms with Crippen molar-refractivity contribution < 1.29 is 19.1 Å². The van der Waals surface area contributed by atoms with Gasteiger partial charge in [-0.05, 0) is 40.2 Å². The zero-order valence-corrected chi connectivity index (χ0v) is 11.6. The Morgan fingerprint density at radius 1 is 1.22 bits per heavy atom. The van der Waals surface area contributed by atoms with Crippen LogP contribution in [0.2, 0.25) is 0 Å². The molecule has 0 N–H and O–H groups in total. The van der Waals surface area contributed by atoms with Crippen LogP contribution in [0.25, 0.3) is 0 Å². The number of esters is 1. The van der Waals surface area contributed by atoms with E-state index < -0.39 is 0 Å². The summed E-state index contributed by atoms with van der Waals surface area (Å²) < 4.78 is 9.83. The van der Waals surface area contributed by atoms with Crippen LogP contribution in [0, 0.1) is 0 Å². The molecule has 0 saturated carbocycles. The maximum Gasteiger partial charge on any atom is 0.410 e. The van der Waals surface area contributed by atoms with Crippen LogP contribution in [0.5, 0.6) is 0 Å². The number of carbonyl (C=O) groups excluding carboxylic acids is 2. The molecule has 1 rings (SSSR count). The van der Waals surface area contributed by atoms with E-state index in [0.717, 1.165) is 5.57 Å². The van der Waals surface area contributed by atoms with Crippen LogP contribution >= 0.6 is 0 Å². The Hall–Kier alpha value is -1.52. The molecule has 0 spiro atoms. The van der Waals surface area contributed by atoms with Crippen molar-refractivity contribution in [1.29, 1.82) is 0 Å². The first-order valence-corrected chi connectivity index (χ1v) is 6.17. The smallest absolute Gasteiger partial charge is 0.410 e. The molecule has 5 heteroatoms. The standard InChI is InChI=1S/C13H21NO4/c1-6-17-10(15)8-9(3)11-13(4,5)14(11)12(16)18-7-2/h8,11H,6-7H2,1-5H3/b9-8+. The van der Waals surface area contributed by atoms with Gasteiger partial charge in [0.25, 0.3) is 0 Å². The third-order valence-electron chi connectivity index (χ3n) is 3.01. The Kier molecular flexibility index (Phi) is 4.38. The van der Waals surface area contributed by atoms with Crippen molar-refractivity contribution in [2.24, 2.45) is 0 Å². The molecule has 5 nitrogen and oxygen atoms in total. The molecular weight excluding hydrogens is 234 g/mol. The lowest BCUT2D eigenvalue weighted by Crippen LogP contribution is -2.19. The van der Waals surface area contributed by atoms with Gasteiger partial charge in [-0.15, -0.1) is 0 Å². The van der Waals surface area contributed by atoms with Gasteiger partial charge < -0.3 is 9.47 Å². The molecule has 1 aliphatic heterocycles. The highest BCUT2D eigenvalue weighted by Crippen LogP contribution is 2.45. The molecule has 18 heavy (non-hydrogen) atoms. The molecule has 1 atom stereocenters. The quantitative estimate of drug-likeness (QED) is 0.438. The summed E-state index contributed by atoms with van der Waals surface area (Å²) in [6.07, 6.45) is 1.10. The van der Waals surface area contributed by atoms with Gasteiger partial charge in [-0.3, -0.25) is 4.90 Å². The summed E-state index contributed by atoms with van der Waals surface area (Å²) in [6, 6.07) is -0.0963. The first kappa shape index (κ1) is 14.5. The van der Waals surface area contributed by atoms with Gasteiger partial charge in [0.2, 0.25) is 0 Å². The van der Waals surface area contributed by atoms with E-state index >= 15 is 0 Å². The molecule has 0 aromatic heterocycles. The van der Waals surface area contributed by atoms with Crippen LogP contribution in [-0.4, -0.2) is 41.8 Å². The fraction of sp³-hybridized carbons (Fsp3) is 0.692. The lowest BCUT2D eigenvalue weighted by Gasteiger charge is -2.05. The third kappa shape index (κ3) is 2.83. The van der Waals surface area contributed by atoms with Gasteiger partial charge >= 0.3 is 12.1 Å². The number of carbonyl (C=O) groups is 2. The van der Waals surface area contributed by atoms with Crippen molar-refractivity contribution in [3.05, 3.63) is 11.6 Å². The van der Waals surface area contributed by atoms with E-state index in [1.54, 1.807) is 18.7 Å². The number of hydrogen-bond donors (Lipinski definition) is 0. The SMILES string of the molecule is CCOC(=O)/C=C(\C)C1N(C(=O)OCC)C1(C)C. The van der Waals surface area contributed by atoms with Gasteiger partial charge in [0.15, 0.2) is 0 Å². The second kappa shape index (κ2) is 5.42. The highest BCUT2D eigenvalue weighted by Gasteiger charge is 2.60. The Labute approximate surface area is 108 Å². The van der Waals surface area contributed by atoms with E-state index in [2.05, 4.69) is 0 Å². The number of hydrogen-bond acceptors (Lipinski definition) is 4. The van der Waals surface area contributed by atoms with Crippen LogP contribution in [0.15, 0.2) is 11.6 Å². The van der Waals surface area contributed by atoms with Crippen molar-refractivity contribution in [3.63, 3.8) is 0 Å². The largest absolute Gasteiger partial charge is 0.463 e. The minimum Gasteiger partial charge on any atom is -0.463 e. The molecular formula is C13H21NO4. The van der Waals surface area contributed by atoms with E-state index in [1.165, 1.54) is 6.08 Å². The van der Waals surface area contributed by atoms with E-state index in [4.69, 9.17) is 9.47 Å². The van der Waals surface area contributed by atoms with Gasteiger partial charge in [-0.2, -0.15) is 0 Å². The lowest BCUT2D eigenvalue weighted by molar-refractivity contribution is -0.137. The molecule has 1 heterocycles. The minimum absolute atomic E-state index is 0.0963. The van der Waals surface area contributed by atoms with Gasteiger partial charge in [-0.1, -0.05) is 0 Å². The summed E-state index contributed by atoms with van der Waals surface area (Å²) in [5, 5.41) is 0. The molecule has 1 unspecified atom stereocenters. The molecule has 1 aliphatic rings. The second-order valence-electron chi connectivity index (χ2n) is 4.77. The Morgan fingerprint density at radius 2 is 1.78 bits per heavy atom. The minimum atomic E-state index is -0.374. The van der Waals surface area contributed by atoms with Crippen LogP contribution in [0.3, 0.4) is 0 Å². The first-order valence-electron chi connectivity index (χ1n) is 6.17. The summed E-state index contributed by atoms with van der Waals surface area (Å²) in [7, 11) is 0. The zero-order chi connectivity index (χ0) is 13.9. The van der Waals surface area contributed by atoms with E-state index in [0.29, 0.717) is 13.2 Å². The number of rotatable bonds is 4. The van der Waals surface area contributed by atoms with Gasteiger partial charge in [-0.25, -0.2) is 9.59 Å². The number of amides is 1. The van der Waals surface area contributed by atoms with Crippen LogP contribution in [0.4, 0.5) is 4.79 Å². The van der Waals surface area contributed by atoms with Gasteiger partial charge in [0.1, 0.15) is 0 Å². The summed E-state index contributed by atoms with van der Waals surface area (Å²) in [5.41, 5.74) is 0.505. The zero-order valence-electron chi connectivity index (χ0n) is 11.6. The Balaban J connectivity index is 2.73. The maximum absolute atomic E-state index is 11.7. The second-order valence-corrected chi connectivity index (χ2v) is 4.77. The Morgan fingerprint density at radius 3 is 2.28 bits per heavy atom. The summed E-state index contributed by atoms with van der Waals surface area (Å²) >= 11 is 0. The molecule has 0 aromatic carbocycles. The summed E-state index contributed by atoms with van der Waals surface area (Å²) in [6.45, 7) is 9.92. The average Bonchev–Trinajstić information content (AvgIpc) is 2.82. The van der Waals surface area contributed by atoms with E-state index in [9.17, 15) is 9.59 Å². The fourth-order valence-corrected chi connectivity index (χ4v) is 2.23. The first-order chi connectivity index (χ1) is 8.36. The normalized spacial score (nSPS) is 21.5. The van der Waals surface area contributed by atoms with Gasteiger partial charge in [0.05, 0.1) is 24.8 Å². The topological polar surface area (TPSA) is 55.6 Å². The number of ether oxygens (including phenoxy) is 2. The highest BCUT2D eigenvalue weighted by molar-refractivity contribution is 5.84. The summed E-state index contributed by atoms with van der Waals surface area (Å²) in [5.74, 6) is -0.374. The highest BCUT2D eigenvalue weighted by atomic mass is 16.6. The average molecular weight is 255 g/mol. The third-order valence-corrected chi connectivity index (χ3v) is 3.01. The van der Waals surface area contributed by atoms with Crippen molar-refractivity contribution in [1.82, 2.24) is 4.90 Å². The van der Waals surface area contributed by atoms with E-state index in [-0.39, 0.29) is 23.6 Å². The van der Waals surface area contributed by atoms with E-state index in [1.807, 2.05) is 20.8 Å². The molecule has 1 saturated heterocycles. The van der Waals surface area contributed by atoms with Crippen molar-refractivity contribution in [2.45, 2.75) is 46.2 Å². The molecule has 102 valence electrons. The molecule has 1 amide bonds. The molecule has 0 aromatic rings. The molecule has 0 radical (unpaired) electrons. The molecule has 0 aliphatic carbocycles. The van der Waals surface area contributed by atoms with Crippen molar-refractivity contribution >= 4 is 12.1 Å². The fourth-order valence-electron chi connectivity index (χ4n) is 2.23. The predicted octanol–water partition coefficient (Wildman–Crippen LogP) is 2.12. The summed E-state index contributed by atoms with van der Waals surface area (Å²) in [4.78, 5) is 24.7. The predicted molar refractivity (Wildman–Crippen MR) is 67.1 cm³/mol.